The van der Waals surface area contributed by atoms with Gasteiger partial charge in [0.1, 0.15) is 5.69 Å². The van der Waals surface area contributed by atoms with Crippen LogP contribution in [0.4, 0.5) is 0 Å². The Balaban J connectivity index is 2.00. The number of nitrogens with zero attached hydrogens (tertiary/aromatic N) is 1. The molecule has 3 rings (SSSR count). The fraction of sp³-hybridized carbons (Fsp3) is 0.286. The monoisotopic (exact) mass is 386 g/mol. The van der Waals surface area contributed by atoms with Gasteiger partial charge in [-0.15, -0.1) is 0 Å². The van der Waals surface area contributed by atoms with E-state index in [9.17, 15) is 9.90 Å². The fourth-order valence-electron chi connectivity index (χ4n) is 3.31. The lowest BCUT2D eigenvalue weighted by molar-refractivity contribution is 0.0684. The molecule has 0 saturated carbocycles. The lowest BCUT2D eigenvalue weighted by Gasteiger charge is -2.11. The van der Waals surface area contributed by atoms with Gasteiger partial charge in [-0.1, -0.05) is 48.0 Å². The number of carbonyl (C=O) groups is 1. The van der Waals surface area contributed by atoms with Crippen LogP contribution >= 0.6 is 11.6 Å². The number of halogens is 1. The molecule has 6 heteroatoms. The highest BCUT2D eigenvalue weighted by molar-refractivity contribution is 6.31. The van der Waals surface area contributed by atoms with Crippen molar-refractivity contribution >= 4 is 28.5 Å². The molecule has 1 heterocycles. The standard InChI is InChI=1S/C21H23ClN2O3/c1-27-12-6-11-23-13-17-16-8-3-5-10-19(16)24(20(17)21(25)26)14-15-7-2-4-9-18(15)22/h2-5,7-10,23H,6,11-14H2,1H3,(H,25,26). The lowest BCUT2D eigenvalue weighted by atomic mass is 10.1. The summed E-state index contributed by atoms with van der Waals surface area (Å²) in [5.41, 5.74) is 2.88. The Morgan fingerprint density at radius 2 is 1.93 bits per heavy atom. The van der Waals surface area contributed by atoms with Crippen LogP contribution in [0.5, 0.6) is 0 Å². The predicted molar refractivity (Wildman–Crippen MR) is 108 cm³/mol. The molecule has 27 heavy (non-hydrogen) atoms. The summed E-state index contributed by atoms with van der Waals surface area (Å²) in [7, 11) is 1.67. The van der Waals surface area contributed by atoms with Gasteiger partial charge in [0.25, 0.3) is 0 Å². The summed E-state index contributed by atoms with van der Waals surface area (Å²) in [6.07, 6.45) is 0.872. The zero-order valence-corrected chi connectivity index (χ0v) is 16.0. The van der Waals surface area contributed by atoms with Crippen LogP contribution in [0.15, 0.2) is 48.5 Å². The molecule has 0 bridgehead atoms. The van der Waals surface area contributed by atoms with Crippen LogP contribution in [-0.4, -0.2) is 35.9 Å². The SMILES string of the molecule is COCCCNCc1c(C(=O)O)n(Cc2ccccc2Cl)c2ccccc12. The maximum atomic E-state index is 12.1. The van der Waals surface area contributed by atoms with Crippen LogP contribution < -0.4 is 5.32 Å². The molecule has 0 aliphatic carbocycles. The predicted octanol–water partition coefficient (Wildman–Crippen LogP) is 4.17. The minimum atomic E-state index is -0.938. The van der Waals surface area contributed by atoms with E-state index in [1.54, 1.807) is 7.11 Å². The molecule has 0 radical (unpaired) electrons. The number of hydrogen-bond acceptors (Lipinski definition) is 3. The lowest BCUT2D eigenvalue weighted by Crippen LogP contribution is -2.19. The van der Waals surface area contributed by atoms with E-state index in [4.69, 9.17) is 16.3 Å². The van der Waals surface area contributed by atoms with Gasteiger partial charge in [0.15, 0.2) is 0 Å². The van der Waals surface area contributed by atoms with Crippen molar-refractivity contribution < 1.29 is 14.6 Å². The van der Waals surface area contributed by atoms with Crippen molar-refractivity contribution in [3.8, 4) is 0 Å². The zero-order valence-electron chi connectivity index (χ0n) is 15.2. The van der Waals surface area contributed by atoms with Crippen molar-refractivity contribution in [2.45, 2.75) is 19.5 Å². The molecule has 2 aromatic carbocycles. The van der Waals surface area contributed by atoms with Gasteiger partial charge < -0.3 is 19.7 Å². The summed E-state index contributed by atoms with van der Waals surface area (Å²) in [6, 6.07) is 15.3. The third-order valence-corrected chi connectivity index (χ3v) is 4.94. The van der Waals surface area contributed by atoms with Crippen LogP contribution in [0.2, 0.25) is 5.02 Å². The van der Waals surface area contributed by atoms with Crippen LogP contribution in [0.25, 0.3) is 10.9 Å². The van der Waals surface area contributed by atoms with E-state index in [1.807, 2.05) is 53.1 Å². The summed E-state index contributed by atoms with van der Waals surface area (Å²) in [6.45, 7) is 2.33. The zero-order chi connectivity index (χ0) is 19.2. The Morgan fingerprint density at radius 1 is 1.19 bits per heavy atom. The molecule has 5 nitrogen and oxygen atoms in total. The fourth-order valence-corrected chi connectivity index (χ4v) is 3.51. The molecular weight excluding hydrogens is 364 g/mol. The van der Waals surface area contributed by atoms with Gasteiger partial charge in [0, 0.05) is 48.3 Å². The highest BCUT2D eigenvalue weighted by Crippen LogP contribution is 2.28. The average molecular weight is 387 g/mol. The van der Waals surface area contributed by atoms with Crippen molar-refractivity contribution in [3.05, 3.63) is 70.4 Å². The topological polar surface area (TPSA) is 63.5 Å². The number of hydrogen-bond donors (Lipinski definition) is 2. The molecule has 0 saturated heterocycles. The van der Waals surface area contributed by atoms with Crippen molar-refractivity contribution in [3.63, 3.8) is 0 Å². The first kappa shape index (κ1) is 19.4. The minimum Gasteiger partial charge on any atom is -0.477 e. The molecule has 0 atom stereocenters. The average Bonchev–Trinajstić information content (AvgIpc) is 2.97. The summed E-state index contributed by atoms with van der Waals surface area (Å²) in [5, 5.41) is 14.8. The van der Waals surface area contributed by atoms with Crippen LogP contribution in [0.1, 0.15) is 28.0 Å². The Bertz CT molecular complexity index is 936. The normalized spacial score (nSPS) is 11.2. The molecule has 1 aromatic heterocycles. The molecule has 0 aliphatic rings. The van der Waals surface area contributed by atoms with E-state index in [2.05, 4.69) is 5.32 Å². The smallest absolute Gasteiger partial charge is 0.352 e. The summed E-state index contributed by atoms with van der Waals surface area (Å²) < 4.78 is 6.90. The number of ether oxygens (including phenoxy) is 1. The first-order valence-electron chi connectivity index (χ1n) is 8.90. The van der Waals surface area contributed by atoms with Gasteiger partial charge in [-0.3, -0.25) is 0 Å². The first-order chi connectivity index (χ1) is 13.1. The maximum Gasteiger partial charge on any atom is 0.352 e. The molecule has 2 N–H and O–H groups in total. The van der Waals surface area contributed by atoms with Crippen LogP contribution in [-0.2, 0) is 17.8 Å². The Labute approximate surface area is 163 Å². The van der Waals surface area contributed by atoms with E-state index >= 15 is 0 Å². The third-order valence-electron chi connectivity index (χ3n) is 4.57. The maximum absolute atomic E-state index is 12.1. The Hall–Kier alpha value is -2.34. The summed E-state index contributed by atoms with van der Waals surface area (Å²) in [5.74, 6) is -0.938. The molecule has 3 aromatic rings. The summed E-state index contributed by atoms with van der Waals surface area (Å²) in [4.78, 5) is 12.1. The van der Waals surface area contributed by atoms with Crippen molar-refractivity contribution in [2.24, 2.45) is 0 Å². The highest BCUT2D eigenvalue weighted by atomic mass is 35.5. The highest BCUT2D eigenvalue weighted by Gasteiger charge is 2.22. The van der Waals surface area contributed by atoms with Crippen molar-refractivity contribution in [1.82, 2.24) is 9.88 Å². The second-order valence-electron chi connectivity index (χ2n) is 6.35. The van der Waals surface area contributed by atoms with E-state index in [0.717, 1.165) is 35.0 Å². The summed E-state index contributed by atoms with van der Waals surface area (Å²) >= 11 is 6.31. The minimum absolute atomic E-state index is 0.301. The third kappa shape index (κ3) is 4.33. The number of carboxylic acids is 1. The van der Waals surface area contributed by atoms with E-state index in [0.29, 0.717) is 30.4 Å². The van der Waals surface area contributed by atoms with Crippen LogP contribution in [0, 0.1) is 0 Å². The number of nitrogens with one attached hydrogen (secondary N) is 1. The van der Waals surface area contributed by atoms with Gasteiger partial charge in [0.2, 0.25) is 0 Å². The van der Waals surface area contributed by atoms with E-state index in [1.165, 1.54) is 0 Å². The molecule has 0 aliphatic heterocycles. The van der Waals surface area contributed by atoms with Crippen molar-refractivity contribution in [2.75, 3.05) is 20.3 Å². The molecule has 142 valence electrons. The number of fused-ring (bicyclic) bond motifs is 1. The van der Waals surface area contributed by atoms with Gasteiger partial charge in [-0.05, 0) is 30.7 Å². The number of rotatable bonds is 9. The first-order valence-corrected chi connectivity index (χ1v) is 9.27. The largest absolute Gasteiger partial charge is 0.477 e. The molecule has 0 unspecified atom stereocenters. The number of para-hydroxylation sites is 1. The van der Waals surface area contributed by atoms with Gasteiger partial charge in [0.05, 0.1) is 0 Å². The number of benzene rings is 2. The van der Waals surface area contributed by atoms with Gasteiger partial charge >= 0.3 is 5.97 Å². The molecule has 0 fully saturated rings. The van der Waals surface area contributed by atoms with Gasteiger partial charge in [-0.25, -0.2) is 4.79 Å². The molecule has 0 amide bonds. The molecular formula is C21H23ClN2O3. The van der Waals surface area contributed by atoms with E-state index in [-0.39, 0.29) is 0 Å². The second kappa shape index (κ2) is 9.04. The Kier molecular flexibility index (Phi) is 6.50. The number of aromatic carboxylic acids is 1. The van der Waals surface area contributed by atoms with Gasteiger partial charge in [-0.2, -0.15) is 0 Å². The van der Waals surface area contributed by atoms with Crippen molar-refractivity contribution in [1.29, 1.82) is 0 Å². The number of carboxylic acid groups (broad SMARTS) is 1. The molecule has 0 spiro atoms. The van der Waals surface area contributed by atoms with Crippen LogP contribution in [0.3, 0.4) is 0 Å². The quantitative estimate of drug-likeness (QED) is 0.542. The second-order valence-corrected chi connectivity index (χ2v) is 6.76. The Morgan fingerprint density at radius 3 is 2.67 bits per heavy atom. The van der Waals surface area contributed by atoms with E-state index < -0.39 is 5.97 Å². The number of aromatic nitrogens is 1. The number of methoxy groups -OCH3 is 1.